The maximum Gasteiger partial charge on any atom is 0.136 e. The van der Waals surface area contributed by atoms with Crippen LogP contribution >= 0.6 is 39.1 Å². The molecule has 2 rings (SSSR count). The minimum Gasteiger partial charge on any atom is -0.466 e. The van der Waals surface area contributed by atoms with E-state index in [1.807, 2.05) is 12.1 Å². The van der Waals surface area contributed by atoms with E-state index in [1.54, 1.807) is 18.4 Å². The van der Waals surface area contributed by atoms with Crippen LogP contribution in [0.3, 0.4) is 0 Å². The number of halogens is 3. The van der Waals surface area contributed by atoms with E-state index in [4.69, 9.17) is 27.6 Å². The molecule has 1 aromatic carbocycles. The van der Waals surface area contributed by atoms with Crippen LogP contribution in [0.1, 0.15) is 5.76 Å². The Balaban J connectivity index is 2.08. The molecule has 5 heteroatoms. The van der Waals surface area contributed by atoms with Gasteiger partial charge in [-0.1, -0.05) is 23.2 Å². The van der Waals surface area contributed by atoms with Crippen molar-refractivity contribution >= 4 is 44.8 Å². The summed E-state index contributed by atoms with van der Waals surface area (Å²) in [6.07, 6.45) is 1.63. The fraction of sp³-hybridized carbons (Fsp3) is 0.0909. The van der Waals surface area contributed by atoms with Crippen molar-refractivity contribution in [3.8, 4) is 0 Å². The summed E-state index contributed by atoms with van der Waals surface area (Å²) in [5.41, 5.74) is 0.828. The van der Waals surface area contributed by atoms with Crippen molar-refractivity contribution in [3.63, 3.8) is 0 Å². The summed E-state index contributed by atoms with van der Waals surface area (Å²) in [6, 6.07) is 7.16. The van der Waals surface area contributed by atoms with E-state index in [2.05, 4.69) is 21.2 Å². The van der Waals surface area contributed by atoms with E-state index in [-0.39, 0.29) is 0 Å². The van der Waals surface area contributed by atoms with Crippen molar-refractivity contribution in [1.29, 1.82) is 0 Å². The number of hydrogen-bond acceptors (Lipinski definition) is 2. The molecule has 0 amide bonds. The van der Waals surface area contributed by atoms with Crippen molar-refractivity contribution in [1.82, 2.24) is 0 Å². The van der Waals surface area contributed by atoms with Gasteiger partial charge in [0.25, 0.3) is 0 Å². The van der Waals surface area contributed by atoms with Gasteiger partial charge in [-0.25, -0.2) is 0 Å². The highest BCUT2D eigenvalue weighted by Gasteiger charge is 2.05. The molecule has 0 saturated heterocycles. The zero-order valence-corrected chi connectivity index (χ0v) is 11.2. The van der Waals surface area contributed by atoms with Gasteiger partial charge in [0.15, 0.2) is 0 Å². The van der Waals surface area contributed by atoms with Crippen LogP contribution in [0.15, 0.2) is 39.4 Å². The molecule has 0 atom stereocenters. The molecule has 0 aliphatic carbocycles. The van der Waals surface area contributed by atoms with Crippen LogP contribution in [0.5, 0.6) is 0 Å². The highest BCUT2D eigenvalue weighted by molar-refractivity contribution is 9.10. The Kier molecular flexibility index (Phi) is 3.79. The number of furan rings is 1. The number of nitrogens with one attached hydrogen (secondary N) is 1. The SMILES string of the molecule is Clc1ccc(NCc2occc2Br)c(Cl)c1. The molecule has 1 aromatic heterocycles. The van der Waals surface area contributed by atoms with Gasteiger partial charge in [-0.3, -0.25) is 0 Å². The molecule has 0 bridgehead atoms. The first-order valence-corrected chi connectivity index (χ1v) is 6.12. The summed E-state index contributed by atoms with van der Waals surface area (Å²) in [5.74, 6) is 0.825. The first-order chi connectivity index (χ1) is 7.66. The number of anilines is 1. The molecule has 1 heterocycles. The van der Waals surface area contributed by atoms with Gasteiger partial charge in [0.1, 0.15) is 5.76 Å². The topological polar surface area (TPSA) is 25.2 Å². The monoisotopic (exact) mass is 319 g/mol. The van der Waals surface area contributed by atoms with E-state index in [0.29, 0.717) is 16.6 Å². The Morgan fingerprint density at radius 2 is 2.06 bits per heavy atom. The summed E-state index contributed by atoms with van der Waals surface area (Å²) >= 11 is 15.2. The van der Waals surface area contributed by atoms with Crippen LogP contribution in [0.25, 0.3) is 0 Å². The zero-order chi connectivity index (χ0) is 11.5. The van der Waals surface area contributed by atoms with Crippen LogP contribution in [0.4, 0.5) is 5.69 Å². The molecule has 1 N–H and O–H groups in total. The van der Waals surface area contributed by atoms with Gasteiger partial charge in [-0.2, -0.15) is 0 Å². The number of benzene rings is 1. The molecule has 0 saturated carbocycles. The van der Waals surface area contributed by atoms with E-state index in [1.165, 1.54) is 0 Å². The Bertz CT molecular complexity index is 498. The Morgan fingerprint density at radius 3 is 2.69 bits per heavy atom. The van der Waals surface area contributed by atoms with Crippen molar-refractivity contribution in [3.05, 3.63) is 50.8 Å². The summed E-state index contributed by atoms with van der Waals surface area (Å²) in [4.78, 5) is 0. The molecule has 0 aliphatic rings. The average Bonchev–Trinajstić information content (AvgIpc) is 2.63. The van der Waals surface area contributed by atoms with Gasteiger partial charge in [0, 0.05) is 5.02 Å². The van der Waals surface area contributed by atoms with Crippen LogP contribution in [0.2, 0.25) is 10.0 Å². The summed E-state index contributed by atoms with van der Waals surface area (Å²) in [6.45, 7) is 0.564. The van der Waals surface area contributed by atoms with E-state index in [0.717, 1.165) is 15.9 Å². The van der Waals surface area contributed by atoms with Gasteiger partial charge in [-0.05, 0) is 40.2 Å². The average molecular weight is 321 g/mol. The highest BCUT2D eigenvalue weighted by atomic mass is 79.9. The van der Waals surface area contributed by atoms with E-state index < -0.39 is 0 Å². The third kappa shape index (κ3) is 2.73. The van der Waals surface area contributed by atoms with Crippen LogP contribution < -0.4 is 5.32 Å². The van der Waals surface area contributed by atoms with Crippen molar-refractivity contribution in [2.75, 3.05) is 5.32 Å². The maximum absolute atomic E-state index is 6.02. The lowest BCUT2D eigenvalue weighted by atomic mass is 10.3. The first-order valence-electron chi connectivity index (χ1n) is 4.57. The van der Waals surface area contributed by atoms with Gasteiger partial charge in [-0.15, -0.1) is 0 Å². The molecular weight excluding hydrogens is 313 g/mol. The highest BCUT2D eigenvalue weighted by Crippen LogP contribution is 2.26. The van der Waals surface area contributed by atoms with Crippen LogP contribution in [0, 0.1) is 0 Å². The molecule has 84 valence electrons. The summed E-state index contributed by atoms with van der Waals surface area (Å²) in [7, 11) is 0. The van der Waals surface area contributed by atoms with Gasteiger partial charge >= 0.3 is 0 Å². The smallest absolute Gasteiger partial charge is 0.136 e. The van der Waals surface area contributed by atoms with Gasteiger partial charge in [0.05, 0.1) is 28.0 Å². The maximum atomic E-state index is 6.02. The lowest BCUT2D eigenvalue weighted by Gasteiger charge is -2.07. The molecule has 2 nitrogen and oxygen atoms in total. The molecule has 0 radical (unpaired) electrons. The van der Waals surface area contributed by atoms with Gasteiger partial charge in [0.2, 0.25) is 0 Å². The molecule has 0 fully saturated rings. The lowest BCUT2D eigenvalue weighted by molar-refractivity contribution is 0.516. The fourth-order valence-corrected chi connectivity index (χ4v) is 2.08. The molecule has 0 unspecified atom stereocenters. The van der Waals surface area contributed by atoms with Crippen molar-refractivity contribution in [2.24, 2.45) is 0 Å². The quantitative estimate of drug-likeness (QED) is 0.864. The third-order valence-corrected chi connectivity index (χ3v) is 3.32. The summed E-state index contributed by atoms with van der Waals surface area (Å²) < 4.78 is 6.21. The second kappa shape index (κ2) is 5.13. The Labute approximate surface area is 112 Å². The minimum absolute atomic E-state index is 0.564. The second-order valence-electron chi connectivity index (χ2n) is 3.17. The largest absolute Gasteiger partial charge is 0.466 e. The van der Waals surface area contributed by atoms with E-state index >= 15 is 0 Å². The van der Waals surface area contributed by atoms with Crippen molar-refractivity contribution < 1.29 is 4.42 Å². The van der Waals surface area contributed by atoms with E-state index in [9.17, 15) is 0 Å². The lowest BCUT2D eigenvalue weighted by Crippen LogP contribution is -1.99. The molecule has 0 aliphatic heterocycles. The molecule has 0 spiro atoms. The summed E-state index contributed by atoms with van der Waals surface area (Å²) in [5, 5.41) is 4.38. The normalized spacial score (nSPS) is 10.4. The zero-order valence-electron chi connectivity index (χ0n) is 8.14. The third-order valence-electron chi connectivity index (χ3n) is 2.06. The molecule has 2 aromatic rings. The van der Waals surface area contributed by atoms with Crippen molar-refractivity contribution in [2.45, 2.75) is 6.54 Å². The van der Waals surface area contributed by atoms with Crippen LogP contribution in [-0.2, 0) is 6.54 Å². The van der Waals surface area contributed by atoms with Gasteiger partial charge < -0.3 is 9.73 Å². The predicted octanol–water partition coefficient (Wildman–Crippen LogP) is 4.96. The van der Waals surface area contributed by atoms with Crippen LogP contribution in [-0.4, -0.2) is 0 Å². The Hall–Kier alpha value is -0.640. The Morgan fingerprint density at radius 1 is 1.25 bits per heavy atom. The second-order valence-corrected chi connectivity index (χ2v) is 4.87. The number of rotatable bonds is 3. The standard InChI is InChI=1S/C11H8BrCl2NO/c12-8-3-4-16-11(8)6-15-10-2-1-7(13)5-9(10)14/h1-5,15H,6H2. The minimum atomic E-state index is 0.564. The predicted molar refractivity (Wildman–Crippen MR) is 70.2 cm³/mol. The fourth-order valence-electron chi connectivity index (χ4n) is 1.26. The number of hydrogen-bond donors (Lipinski definition) is 1. The molecule has 16 heavy (non-hydrogen) atoms. The first kappa shape index (κ1) is 11.8. The molecular formula is C11H8BrCl2NO.